The SMILES string of the molecule is O=C1NC(C(=O)N2CCC3(CCCC3)C2)CS1. The Labute approximate surface area is 105 Å². The number of thioether (sulfide) groups is 1. The number of amides is 2. The lowest BCUT2D eigenvalue weighted by Crippen LogP contribution is -2.45. The topological polar surface area (TPSA) is 49.4 Å². The first-order valence-electron chi connectivity index (χ1n) is 6.41. The van der Waals surface area contributed by atoms with Crippen molar-refractivity contribution in [2.45, 2.75) is 38.1 Å². The summed E-state index contributed by atoms with van der Waals surface area (Å²) in [5, 5.41) is 2.69. The number of nitrogens with zero attached hydrogens (tertiary/aromatic N) is 1. The van der Waals surface area contributed by atoms with Gasteiger partial charge in [-0.15, -0.1) is 0 Å². The highest BCUT2D eigenvalue weighted by Crippen LogP contribution is 2.45. The second-order valence-corrected chi connectivity index (χ2v) is 6.51. The van der Waals surface area contributed by atoms with Gasteiger partial charge >= 0.3 is 0 Å². The average molecular weight is 254 g/mol. The van der Waals surface area contributed by atoms with Gasteiger partial charge in [-0.3, -0.25) is 9.59 Å². The standard InChI is InChI=1S/C12H18N2O2S/c15-10(9-7-17-11(16)13-9)14-6-5-12(8-14)3-1-2-4-12/h9H,1-8H2,(H,13,16). The van der Waals surface area contributed by atoms with Gasteiger partial charge in [0, 0.05) is 18.8 Å². The first-order valence-corrected chi connectivity index (χ1v) is 7.39. The van der Waals surface area contributed by atoms with Crippen LogP contribution in [-0.2, 0) is 4.79 Å². The van der Waals surface area contributed by atoms with Gasteiger partial charge in [0.05, 0.1) is 0 Å². The Morgan fingerprint density at radius 3 is 2.76 bits per heavy atom. The normalized spacial score (nSPS) is 31.2. The van der Waals surface area contributed by atoms with Gasteiger partial charge in [0.25, 0.3) is 5.24 Å². The summed E-state index contributed by atoms with van der Waals surface area (Å²) in [6, 6.07) is -0.274. The fourth-order valence-electron chi connectivity index (χ4n) is 3.39. The second-order valence-electron chi connectivity index (χ2n) is 5.51. The van der Waals surface area contributed by atoms with Crippen LogP contribution < -0.4 is 5.32 Å². The minimum absolute atomic E-state index is 0.0573. The van der Waals surface area contributed by atoms with Crippen LogP contribution in [-0.4, -0.2) is 40.9 Å². The molecule has 94 valence electrons. The molecule has 1 spiro atoms. The van der Waals surface area contributed by atoms with Crippen molar-refractivity contribution in [2.75, 3.05) is 18.8 Å². The van der Waals surface area contributed by atoms with Crippen LogP contribution in [0.2, 0.25) is 0 Å². The van der Waals surface area contributed by atoms with Crippen LogP contribution >= 0.6 is 11.8 Å². The van der Waals surface area contributed by atoms with Gasteiger partial charge in [0.1, 0.15) is 6.04 Å². The number of likely N-dealkylation sites (tertiary alicyclic amines) is 1. The van der Waals surface area contributed by atoms with Crippen molar-refractivity contribution >= 4 is 22.9 Å². The van der Waals surface area contributed by atoms with Gasteiger partial charge < -0.3 is 10.2 Å². The molecular weight excluding hydrogens is 236 g/mol. The van der Waals surface area contributed by atoms with Crippen molar-refractivity contribution in [2.24, 2.45) is 5.41 Å². The van der Waals surface area contributed by atoms with E-state index in [0.717, 1.165) is 19.5 Å². The summed E-state index contributed by atoms with van der Waals surface area (Å²) >= 11 is 1.22. The zero-order chi connectivity index (χ0) is 11.9. The second kappa shape index (κ2) is 4.19. The molecule has 3 fully saturated rings. The molecule has 0 aromatic rings. The predicted octanol–water partition coefficient (Wildman–Crippen LogP) is 1.60. The van der Waals surface area contributed by atoms with Gasteiger partial charge in [-0.2, -0.15) is 0 Å². The lowest BCUT2D eigenvalue weighted by molar-refractivity contribution is -0.131. The average Bonchev–Trinajstić information content (AvgIpc) is 3.02. The van der Waals surface area contributed by atoms with Crippen molar-refractivity contribution in [1.82, 2.24) is 10.2 Å². The fourth-order valence-corrected chi connectivity index (χ4v) is 4.16. The molecule has 1 saturated carbocycles. The molecule has 1 N–H and O–H groups in total. The number of carbonyl (C=O) groups excluding carboxylic acids is 2. The Balaban J connectivity index is 1.62. The van der Waals surface area contributed by atoms with Crippen LogP contribution in [0.15, 0.2) is 0 Å². The van der Waals surface area contributed by atoms with Crippen molar-refractivity contribution in [1.29, 1.82) is 0 Å². The van der Waals surface area contributed by atoms with Crippen molar-refractivity contribution in [3.8, 4) is 0 Å². The summed E-state index contributed by atoms with van der Waals surface area (Å²) < 4.78 is 0. The van der Waals surface area contributed by atoms with E-state index in [9.17, 15) is 9.59 Å². The smallest absolute Gasteiger partial charge is 0.279 e. The van der Waals surface area contributed by atoms with Gasteiger partial charge in [0.2, 0.25) is 5.91 Å². The van der Waals surface area contributed by atoms with Crippen LogP contribution in [0.3, 0.4) is 0 Å². The summed E-state index contributed by atoms with van der Waals surface area (Å²) in [5.41, 5.74) is 0.422. The molecule has 1 atom stereocenters. The summed E-state index contributed by atoms with van der Waals surface area (Å²) in [7, 11) is 0. The molecule has 2 saturated heterocycles. The molecular formula is C12H18N2O2S. The van der Waals surface area contributed by atoms with Gasteiger partial charge in [-0.25, -0.2) is 0 Å². The molecule has 1 aliphatic carbocycles. The zero-order valence-corrected chi connectivity index (χ0v) is 10.7. The summed E-state index contributed by atoms with van der Waals surface area (Å²) in [6.07, 6.45) is 6.35. The van der Waals surface area contributed by atoms with Crippen LogP contribution in [0.5, 0.6) is 0 Å². The third-order valence-electron chi connectivity index (χ3n) is 4.39. The molecule has 1 unspecified atom stereocenters. The number of hydrogen-bond donors (Lipinski definition) is 1. The minimum Gasteiger partial charge on any atom is -0.340 e. The molecule has 0 bridgehead atoms. The third kappa shape index (κ3) is 2.05. The molecule has 17 heavy (non-hydrogen) atoms. The van der Waals surface area contributed by atoms with Crippen molar-refractivity contribution < 1.29 is 9.59 Å². The van der Waals surface area contributed by atoms with Crippen LogP contribution in [0.25, 0.3) is 0 Å². The summed E-state index contributed by atoms with van der Waals surface area (Å²) in [4.78, 5) is 25.3. The number of hydrogen-bond acceptors (Lipinski definition) is 3. The molecule has 3 aliphatic rings. The van der Waals surface area contributed by atoms with Gasteiger partial charge in [0.15, 0.2) is 0 Å². The maximum atomic E-state index is 12.2. The lowest BCUT2D eigenvalue weighted by Gasteiger charge is -2.24. The number of rotatable bonds is 1. The molecule has 5 heteroatoms. The highest BCUT2D eigenvalue weighted by atomic mass is 32.2. The van der Waals surface area contributed by atoms with Crippen LogP contribution in [0.4, 0.5) is 4.79 Å². The van der Waals surface area contributed by atoms with E-state index in [1.165, 1.54) is 37.4 Å². The largest absolute Gasteiger partial charge is 0.340 e. The molecule has 0 aromatic heterocycles. The number of nitrogens with one attached hydrogen (secondary N) is 1. The van der Waals surface area contributed by atoms with E-state index in [1.807, 2.05) is 4.90 Å². The van der Waals surface area contributed by atoms with E-state index in [1.54, 1.807) is 0 Å². The fraction of sp³-hybridized carbons (Fsp3) is 0.833. The van der Waals surface area contributed by atoms with Gasteiger partial charge in [-0.1, -0.05) is 24.6 Å². The minimum atomic E-state index is -0.274. The van der Waals surface area contributed by atoms with Crippen LogP contribution in [0.1, 0.15) is 32.1 Å². The Hall–Kier alpha value is -0.710. The molecule has 2 amide bonds. The first kappa shape index (κ1) is 11.4. The van der Waals surface area contributed by atoms with E-state index in [-0.39, 0.29) is 17.2 Å². The third-order valence-corrected chi connectivity index (χ3v) is 5.27. The van der Waals surface area contributed by atoms with Crippen LogP contribution in [0, 0.1) is 5.41 Å². The molecule has 4 nitrogen and oxygen atoms in total. The molecule has 0 aromatic carbocycles. The Morgan fingerprint density at radius 2 is 2.12 bits per heavy atom. The predicted molar refractivity (Wildman–Crippen MR) is 66.9 cm³/mol. The first-order chi connectivity index (χ1) is 8.19. The van der Waals surface area contributed by atoms with E-state index in [4.69, 9.17) is 0 Å². The monoisotopic (exact) mass is 254 g/mol. The quantitative estimate of drug-likeness (QED) is 0.773. The lowest BCUT2D eigenvalue weighted by atomic mass is 9.86. The molecule has 3 rings (SSSR count). The van der Waals surface area contributed by atoms with Crippen molar-refractivity contribution in [3.05, 3.63) is 0 Å². The summed E-state index contributed by atoms with van der Waals surface area (Å²) in [5.74, 6) is 0.730. The highest BCUT2D eigenvalue weighted by molar-refractivity contribution is 8.14. The summed E-state index contributed by atoms with van der Waals surface area (Å²) in [6.45, 7) is 1.80. The molecule has 0 radical (unpaired) electrons. The van der Waals surface area contributed by atoms with E-state index < -0.39 is 0 Å². The van der Waals surface area contributed by atoms with Gasteiger partial charge in [-0.05, 0) is 24.7 Å². The van der Waals surface area contributed by atoms with E-state index >= 15 is 0 Å². The Morgan fingerprint density at radius 1 is 1.35 bits per heavy atom. The van der Waals surface area contributed by atoms with E-state index in [0.29, 0.717) is 11.2 Å². The molecule has 2 aliphatic heterocycles. The highest BCUT2D eigenvalue weighted by Gasteiger charge is 2.43. The zero-order valence-electron chi connectivity index (χ0n) is 9.91. The molecule has 2 heterocycles. The maximum absolute atomic E-state index is 12.2. The Kier molecular flexibility index (Phi) is 2.81. The number of carbonyl (C=O) groups is 2. The van der Waals surface area contributed by atoms with E-state index in [2.05, 4.69) is 5.32 Å². The Bertz CT molecular complexity index is 352. The van der Waals surface area contributed by atoms with Crippen molar-refractivity contribution in [3.63, 3.8) is 0 Å². The maximum Gasteiger partial charge on any atom is 0.279 e.